The Hall–Kier alpha value is -2.00. The summed E-state index contributed by atoms with van der Waals surface area (Å²) in [6.07, 6.45) is -0.156. The molecule has 104 valence electrons. The highest BCUT2D eigenvalue weighted by Crippen LogP contribution is 2.22. The van der Waals surface area contributed by atoms with Gasteiger partial charge in [0.15, 0.2) is 4.90 Å². The molecule has 1 rings (SSSR count). The molecule has 0 aliphatic heterocycles. The summed E-state index contributed by atoms with van der Waals surface area (Å²) in [6.45, 7) is -0.193. The van der Waals surface area contributed by atoms with Crippen LogP contribution in [0.3, 0.4) is 0 Å². The topological polar surface area (TPSA) is 116 Å². The number of esters is 1. The van der Waals surface area contributed by atoms with Crippen LogP contribution in [0.1, 0.15) is 6.42 Å². The van der Waals surface area contributed by atoms with Crippen molar-refractivity contribution in [3.05, 3.63) is 34.4 Å². The van der Waals surface area contributed by atoms with E-state index in [2.05, 4.69) is 9.46 Å². The zero-order valence-electron chi connectivity index (χ0n) is 10.0. The Morgan fingerprint density at radius 3 is 2.63 bits per heavy atom. The summed E-state index contributed by atoms with van der Waals surface area (Å²) in [7, 11) is -2.86. The van der Waals surface area contributed by atoms with E-state index in [1.807, 2.05) is 0 Å². The van der Waals surface area contributed by atoms with Gasteiger partial charge in [-0.2, -0.15) is 0 Å². The van der Waals surface area contributed by atoms with E-state index in [1.54, 1.807) is 0 Å². The molecule has 0 saturated carbocycles. The molecule has 9 heteroatoms. The van der Waals surface area contributed by atoms with Gasteiger partial charge in [-0.15, -0.1) is 0 Å². The molecule has 0 heterocycles. The first-order chi connectivity index (χ1) is 8.88. The van der Waals surface area contributed by atoms with Gasteiger partial charge in [-0.25, -0.2) is 13.1 Å². The smallest absolute Gasteiger partial charge is 0.306 e. The van der Waals surface area contributed by atoms with Crippen LogP contribution in [0.2, 0.25) is 0 Å². The van der Waals surface area contributed by atoms with E-state index in [0.717, 1.165) is 12.1 Å². The molecule has 0 unspecified atom stereocenters. The molecule has 0 spiro atoms. The number of nitro groups is 1. The molecule has 0 fully saturated rings. The van der Waals surface area contributed by atoms with E-state index in [9.17, 15) is 23.3 Å². The summed E-state index contributed by atoms with van der Waals surface area (Å²) in [4.78, 5) is 20.4. The van der Waals surface area contributed by atoms with E-state index in [0.29, 0.717) is 0 Å². The maximum absolute atomic E-state index is 11.9. The number of sulfonamides is 1. The summed E-state index contributed by atoms with van der Waals surface area (Å²) in [5, 5.41) is 10.7. The number of nitrogens with one attached hydrogen (secondary N) is 1. The van der Waals surface area contributed by atoms with Crippen LogP contribution in [0.4, 0.5) is 5.69 Å². The Kier molecular flexibility index (Phi) is 4.95. The number of para-hydroxylation sites is 1. The number of methoxy groups -OCH3 is 1. The number of nitrogens with zero attached hydrogens (tertiary/aromatic N) is 1. The van der Waals surface area contributed by atoms with Crippen LogP contribution < -0.4 is 4.72 Å². The second-order valence-corrected chi connectivity index (χ2v) is 5.18. The number of ether oxygens (including phenoxy) is 1. The van der Waals surface area contributed by atoms with Crippen LogP contribution in [0, 0.1) is 10.1 Å². The Bertz CT molecular complexity index is 583. The lowest BCUT2D eigenvalue weighted by atomic mass is 10.3. The van der Waals surface area contributed by atoms with Gasteiger partial charge in [-0.1, -0.05) is 12.1 Å². The van der Waals surface area contributed by atoms with E-state index < -0.39 is 31.5 Å². The summed E-state index contributed by atoms with van der Waals surface area (Å²) in [5.74, 6) is -0.578. The SMILES string of the molecule is COC(=O)CCNS(=O)(=O)c1ccccc1[N+](=O)[O-]. The van der Waals surface area contributed by atoms with Crippen molar-refractivity contribution in [2.24, 2.45) is 0 Å². The molecule has 0 saturated heterocycles. The average Bonchev–Trinajstić information content (AvgIpc) is 2.38. The predicted molar refractivity (Wildman–Crippen MR) is 64.9 cm³/mol. The van der Waals surface area contributed by atoms with Crippen molar-refractivity contribution in [1.29, 1.82) is 0 Å². The second-order valence-electron chi connectivity index (χ2n) is 3.45. The van der Waals surface area contributed by atoms with Gasteiger partial charge in [-0.05, 0) is 6.07 Å². The summed E-state index contributed by atoms with van der Waals surface area (Å²) in [6, 6.07) is 4.96. The largest absolute Gasteiger partial charge is 0.469 e. The van der Waals surface area contributed by atoms with Crippen LogP contribution in [-0.2, 0) is 19.6 Å². The van der Waals surface area contributed by atoms with Crippen LogP contribution in [0.25, 0.3) is 0 Å². The van der Waals surface area contributed by atoms with Gasteiger partial charge < -0.3 is 4.74 Å². The molecule has 0 bridgehead atoms. The first-order valence-corrected chi connectivity index (χ1v) is 6.66. The molecule has 8 nitrogen and oxygen atoms in total. The van der Waals surface area contributed by atoms with Gasteiger partial charge in [0.2, 0.25) is 10.0 Å². The van der Waals surface area contributed by atoms with Crippen molar-refractivity contribution in [2.75, 3.05) is 13.7 Å². The Balaban J connectivity index is 2.89. The standard InChI is InChI=1S/C10H12N2O6S/c1-18-10(13)6-7-11-19(16,17)9-5-3-2-4-8(9)12(14)15/h2-5,11H,6-7H2,1H3. The molecule has 0 amide bonds. The summed E-state index contributed by atoms with van der Waals surface area (Å²) < 4.78 is 30.2. The maximum atomic E-state index is 11.9. The molecule has 0 aliphatic rings. The van der Waals surface area contributed by atoms with Crippen molar-refractivity contribution in [2.45, 2.75) is 11.3 Å². The van der Waals surface area contributed by atoms with E-state index in [1.165, 1.54) is 19.2 Å². The van der Waals surface area contributed by atoms with Crippen molar-refractivity contribution in [3.8, 4) is 0 Å². The van der Waals surface area contributed by atoms with Gasteiger partial charge in [0, 0.05) is 12.6 Å². The highest BCUT2D eigenvalue weighted by molar-refractivity contribution is 7.89. The lowest BCUT2D eigenvalue weighted by molar-refractivity contribution is -0.387. The normalized spacial score (nSPS) is 11.0. The average molecular weight is 288 g/mol. The lowest BCUT2D eigenvalue weighted by Crippen LogP contribution is -2.27. The molecule has 0 atom stereocenters. The monoisotopic (exact) mass is 288 g/mol. The van der Waals surface area contributed by atoms with E-state index in [-0.39, 0.29) is 13.0 Å². The fourth-order valence-corrected chi connectivity index (χ4v) is 2.50. The van der Waals surface area contributed by atoms with E-state index >= 15 is 0 Å². The highest BCUT2D eigenvalue weighted by Gasteiger charge is 2.24. The Labute approximate surface area is 109 Å². The minimum absolute atomic E-state index is 0.156. The third-order valence-electron chi connectivity index (χ3n) is 2.20. The minimum atomic E-state index is -4.04. The van der Waals surface area contributed by atoms with Crippen molar-refractivity contribution < 1.29 is 22.9 Å². The second kappa shape index (κ2) is 6.25. The summed E-state index contributed by atoms with van der Waals surface area (Å²) in [5.41, 5.74) is -0.520. The number of benzene rings is 1. The van der Waals surface area contributed by atoms with Crippen LogP contribution in [0.15, 0.2) is 29.2 Å². The van der Waals surface area contributed by atoms with Gasteiger partial charge in [0.05, 0.1) is 18.5 Å². The molecular weight excluding hydrogens is 276 g/mol. The fourth-order valence-electron chi connectivity index (χ4n) is 1.30. The number of nitro benzene ring substituents is 1. The zero-order chi connectivity index (χ0) is 14.5. The minimum Gasteiger partial charge on any atom is -0.469 e. The van der Waals surface area contributed by atoms with Crippen LogP contribution in [-0.4, -0.2) is 33.0 Å². The molecule has 0 aliphatic carbocycles. The lowest BCUT2D eigenvalue weighted by Gasteiger charge is -2.06. The van der Waals surface area contributed by atoms with Crippen molar-refractivity contribution >= 4 is 21.7 Å². The third kappa shape index (κ3) is 4.00. The Morgan fingerprint density at radius 2 is 2.05 bits per heavy atom. The van der Waals surface area contributed by atoms with Crippen molar-refractivity contribution in [3.63, 3.8) is 0 Å². The van der Waals surface area contributed by atoms with Crippen molar-refractivity contribution in [1.82, 2.24) is 4.72 Å². The first kappa shape index (κ1) is 15.1. The number of carbonyl (C=O) groups excluding carboxylic acids is 1. The van der Waals surface area contributed by atoms with Gasteiger partial charge >= 0.3 is 5.97 Å². The molecular formula is C10H12N2O6S. The number of hydrogen-bond donors (Lipinski definition) is 1. The highest BCUT2D eigenvalue weighted by atomic mass is 32.2. The molecule has 1 aromatic carbocycles. The molecule has 0 aromatic heterocycles. The van der Waals surface area contributed by atoms with Gasteiger partial charge in [0.1, 0.15) is 0 Å². The molecule has 1 aromatic rings. The summed E-state index contributed by atoms with van der Waals surface area (Å²) >= 11 is 0. The zero-order valence-corrected chi connectivity index (χ0v) is 10.8. The molecule has 1 N–H and O–H groups in total. The first-order valence-electron chi connectivity index (χ1n) is 5.18. The Morgan fingerprint density at radius 1 is 1.42 bits per heavy atom. The number of carbonyl (C=O) groups is 1. The van der Waals surface area contributed by atoms with Gasteiger partial charge in [-0.3, -0.25) is 14.9 Å². The van der Waals surface area contributed by atoms with Gasteiger partial charge in [0.25, 0.3) is 5.69 Å². The number of rotatable bonds is 6. The predicted octanol–water partition coefficient (Wildman–Crippen LogP) is 0.436. The number of hydrogen-bond acceptors (Lipinski definition) is 6. The van der Waals surface area contributed by atoms with Crippen LogP contribution in [0.5, 0.6) is 0 Å². The van der Waals surface area contributed by atoms with E-state index in [4.69, 9.17) is 0 Å². The maximum Gasteiger partial charge on any atom is 0.306 e. The quantitative estimate of drug-likeness (QED) is 0.461. The third-order valence-corrected chi connectivity index (χ3v) is 3.71. The fraction of sp³-hybridized carbons (Fsp3) is 0.300. The molecule has 0 radical (unpaired) electrons. The molecule has 19 heavy (non-hydrogen) atoms. The van der Waals surface area contributed by atoms with Crippen LogP contribution >= 0.6 is 0 Å².